The SMILES string of the molecule is CC(Nc1ncnc2ccc(Br)cc12)C(=O)N1CCc2ccccc21. The van der Waals surface area contributed by atoms with E-state index >= 15 is 0 Å². The van der Waals surface area contributed by atoms with Gasteiger partial charge in [-0.1, -0.05) is 34.1 Å². The molecule has 4 rings (SSSR count). The van der Waals surface area contributed by atoms with Crippen LogP contribution in [0.5, 0.6) is 0 Å². The molecule has 0 saturated heterocycles. The number of benzene rings is 2. The molecule has 0 radical (unpaired) electrons. The van der Waals surface area contributed by atoms with Crippen LogP contribution in [0.1, 0.15) is 12.5 Å². The predicted octanol–water partition coefficient (Wildman–Crippen LogP) is 3.78. The van der Waals surface area contributed by atoms with Gasteiger partial charge in [0.2, 0.25) is 5.91 Å². The first-order chi connectivity index (χ1) is 12.1. The van der Waals surface area contributed by atoms with E-state index in [1.54, 1.807) is 0 Å². The first-order valence-corrected chi connectivity index (χ1v) is 8.99. The summed E-state index contributed by atoms with van der Waals surface area (Å²) >= 11 is 3.48. The zero-order chi connectivity index (χ0) is 17.4. The van der Waals surface area contributed by atoms with Gasteiger partial charge in [-0.15, -0.1) is 0 Å². The van der Waals surface area contributed by atoms with E-state index in [2.05, 4.69) is 37.3 Å². The standard InChI is InChI=1S/C19H17BrN4O/c1-12(19(25)24-9-8-13-4-2-3-5-17(13)24)23-18-15-10-14(20)6-7-16(15)21-11-22-18/h2-7,10-12H,8-9H2,1H3,(H,21,22,23). The minimum absolute atomic E-state index is 0.0479. The highest BCUT2D eigenvalue weighted by atomic mass is 79.9. The van der Waals surface area contributed by atoms with Crippen molar-refractivity contribution in [1.82, 2.24) is 9.97 Å². The maximum atomic E-state index is 12.9. The van der Waals surface area contributed by atoms with Crippen molar-refractivity contribution < 1.29 is 4.79 Å². The van der Waals surface area contributed by atoms with E-state index in [4.69, 9.17) is 0 Å². The fraction of sp³-hybridized carbons (Fsp3) is 0.211. The first-order valence-electron chi connectivity index (χ1n) is 8.19. The van der Waals surface area contributed by atoms with Gasteiger partial charge in [-0.25, -0.2) is 9.97 Å². The van der Waals surface area contributed by atoms with E-state index in [0.717, 1.165) is 34.0 Å². The third-order valence-electron chi connectivity index (χ3n) is 4.47. The molecule has 1 atom stereocenters. The largest absolute Gasteiger partial charge is 0.358 e. The number of aromatic nitrogens is 2. The molecule has 2 aromatic carbocycles. The third-order valence-corrected chi connectivity index (χ3v) is 4.97. The Labute approximate surface area is 154 Å². The zero-order valence-corrected chi connectivity index (χ0v) is 15.3. The predicted molar refractivity (Wildman–Crippen MR) is 103 cm³/mol. The lowest BCUT2D eigenvalue weighted by atomic mass is 10.2. The van der Waals surface area contributed by atoms with Crippen molar-refractivity contribution in [3.05, 3.63) is 58.8 Å². The van der Waals surface area contributed by atoms with E-state index < -0.39 is 0 Å². The number of hydrogen-bond donors (Lipinski definition) is 1. The number of hydrogen-bond acceptors (Lipinski definition) is 4. The second-order valence-corrected chi connectivity index (χ2v) is 7.03. The summed E-state index contributed by atoms with van der Waals surface area (Å²) in [6.45, 7) is 2.59. The van der Waals surface area contributed by atoms with E-state index in [1.807, 2.05) is 48.2 Å². The minimum Gasteiger partial charge on any atom is -0.358 e. The van der Waals surface area contributed by atoms with Crippen molar-refractivity contribution in [3.63, 3.8) is 0 Å². The lowest BCUT2D eigenvalue weighted by Gasteiger charge is -2.23. The highest BCUT2D eigenvalue weighted by Crippen LogP contribution is 2.29. The van der Waals surface area contributed by atoms with Crippen molar-refractivity contribution in [2.75, 3.05) is 16.8 Å². The normalized spacial score (nSPS) is 14.4. The van der Waals surface area contributed by atoms with Gasteiger partial charge in [0.15, 0.2) is 0 Å². The van der Waals surface area contributed by atoms with Crippen LogP contribution in [0.15, 0.2) is 53.3 Å². The van der Waals surface area contributed by atoms with Crippen molar-refractivity contribution in [2.45, 2.75) is 19.4 Å². The molecule has 0 bridgehead atoms. The van der Waals surface area contributed by atoms with E-state index in [0.29, 0.717) is 5.82 Å². The Bertz CT molecular complexity index is 959. The summed E-state index contributed by atoms with van der Waals surface area (Å²) < 4.78 is 0.949. The number of amides is 1. The van der Waals surface area contributed by atoms with Gasteiger partial charge < -0.3 is 10.2 Å². The molecule has 0 spiro atoms. The molecule has 1 aliphatic heterocycles. The molecule has 3 aromatic rings. The maximum Gasteiger partial charge on any atom is 0.249 e. The lowest BCUT2D eigenvalue weighted by molar-refractivity contribution is -0.118. The van der Waals surface area contributed by atoms with Gasteiger partial charge in [0.25, 0.3) is 0 Å². The minimum atomic E-state index is -0.386. The number of nitrogens with one attached hydrogen (secondary N) is 1. The van der Waals surface area contributed by atoms with Crippen molar-refractivity contribution in [2.24, 2.45) is 0 Å². The van der Waals surface area contributed by atoms with Crippen molar-refractivity contribution in [1.29, 1.82) is 0 Å². The molecule has 1 aromatic heterocycles. The number of rotatable bonds is 3. The van der Waals surface area contributed by atoms with Crippen LogP contribution >= 0.6 is 15.9 Å². The molecule has 1 unspecified atom stereocenters. The Morgan fingerprint density at radius 2 is 2.08 bits per heavy atom. The number of anilines is 2. The van der Waals surface area contributed by atoms with Crippen molar-refractivity contribution in [3.8, 4) is 0 Å². The van der Waals surface area contributed by atoms with E-state index in [1.165, 1.54) is 11.9 Å². The molecule has 2 heterocycles. The van der Waals surface area contributed by atoms with Gasteiger partial charge in [0.05, 0.1) is 5.52 Å². The molecule has 0 aliphatic carbocycles. The smallest absolute Gasteiger partial charge is 0.249 e. The average molecular weight is 397 g/mol. The van der Waals surface area contributed by atoms with Crippen LogP contribution in [0.2, 0.25) is 0 Å². The number of carbonyl (C=O) groups is 1. The van der Waals surface area contributed by atoms with Crippen LogP contribution < -0.4 is 10.2 Å². The molecular weight excluding hydrogens is 380 g/mol. The number of nitrogens with zero attached hydrogens (tertiary/aromatic N) is 3. The number of carbonyl (C=O) groups excluding carboxylic acids is 1. The lowest BCUT2D eigenvalue weighted by Crippen LogP contribution is -2.40. The summed E-state index contributed by atoms with van der Waals surface area (Å²) in [5.74, 6) is 0.714. The van der Waals surface area contributed by atoms with Crippen LogP contribution in [-0.4, -0.2) is 28.5 Å². The summed E-state index contributed by atoms with van der Waals surface area (Å²) in [5, 5.41) is 4.14. The fourth-order valence-electron chi connectivity index (χ4n) is 3.21. The highest BCUT2D eigenvalue weighted by molar-refractivity contribution is 9.10. The molecule has 1 N–H and O–H groups in total. The zero-order valence-electron chi connectivity index (χ0n) is 13.7. The Morgan fingerprint density at radius 1 is 1.24 bits per heavy atom. The summed E-state index contributed by atoms with van der Waals surface area (Å²) in [6.07, 6.45) is 2.42. The molecule has 0 fully saturated rings. The van der Waals surface area contributed by atoms with Crippen LogP contribution in [0.3, 0.4) is 0 Å². The topological polar surface area (TPSA) is 58.1 Å². The summed E-state index contributed by atoms with van der Waals surface area (Å²) in [6, 6.07) is 13.5. The highest BCUT2D eigenvalue weighted by Gasteiger charge is 2.28. The molecule has 1 aliphatic rings. The van der Waals surface area contributed by atoms with Gasteiger partial charge in [-0.2, -0.15) is 0 Å². The Hall–Kier alpha value is -2.47. The van der Waals surface area contributed by atoms with E-state index in [-0.39, 0.29) is 11.9 Å². The molecular formula is C19H17BrN4O. The summed E-state index contributed by atoms with van der Waals surface area (Å²) in [4.78, 5) is 23.4. The van der Waals surface area contributed by atoms with Crippen LogP contribution in [0, 0.1) is 0 Å². The third kappa shape index (κ3) is 2.98. The molecule has 0 saturated carbocycles. The quantitative estimate of drug-likeness (QED) is 0.731. The number of halogens is 1. The fourth-order valence-corrected chi connectivity index (χ4v) is 3.57. The molecule has 25 heavy (non-hydrogen) atoms. The average Bonchev–Trinajstić information content (AvgIpc) is 3.05. The van der Waals surface area contributed by atoms with Gasteiger partial charge in [0, 0.05) is 22.1 Å². The van der Waals surface area contributed by atoms with Crippen LogP contribution in [0.25, 0.3) is 10.9 Å². The molecule has 6 heteroatoms. The molecule has 5 nitrogen and oxygen atoms in total. The van der Waals surface area contributed by atoms with Gasteiger partial charge >= 0.3 is 0 Å². The Morgan fingerprint density at radius 3 is 2.96 bits per heavy atom. The second kappa shape index (κ2) is 6.44. The number of fused-ring (bicyclic) bond motifs is 2. The van der Waals surface area contributed by atoms with Gasteiger partial charge in [0.1, 0.15) is 18.2 Å². The Kier molecular flexibility index (Phi) is 4.13. The van der Waals surface area contributed by atoms with E-state index in [9.17, 15) is 4.79 Å². The maximum absolute atomic E-state index is 12.9. The number of para-hydroxylation sites is 1. The second-order valence-electron chi connectivity index (χ2n) is 6.12. The Balaban J connectivity index is 1.60. The summed E-state index contributed by atoms with van der Waals surface area (Å²) in [5.41, 5.74) is 3.07. The van der Waals surface area contributed by atoms with Crippen LogP contribution in [-0.2, 0) is 11.2 Å². The van der Waals surface area contributed by atoms with Crippen LogP contribution in [0.4, 0.5) is 11.5 Å². The molecule has 1 amide bonds. The van der Waals surface area contributed by atoms with Crippen molar-refractivity contribution >= 4 is 44.2 Å². The first kappa shape index (κ1) is 16.0. The van der Waals surface area contributed by atoms with Gasteiger partial charge in [-0.3, -0.25) is 4.79 Å². The summed E-state index contributed by atoms with van der Waals surface area (Å²) in [7, 11) is 0. The van der Waals surface area contributed by atoms with Gasteiger partial charge in [-0.05, 0) is 43.2 Å². The molecule has 126 valence electrons. The monoisotopic (exact) mass is 396 g/mol.